The second-order valence-corrected chi connectivity index (χ2v) is 7.71. The fraction of sp³-hybridized carbons (Fsp3) is 0.286. The standard InChI is InChI=1S/C14H17NO4S2/c1-10-14(8-11(9-16)20-10)21(17,18)15(2)12-6-4-5-7-13(12)19-3/h4-8,16H,9H2,1-3H3. The number of hydrogen-bond acceptors (Lipinski definition) is 5. The molecule has 7 heteroatoms. The molecule has 0 saturated carbocycles. The molecule has 5 nitrogen and oxygen atoms in total. The van der Waals surface area contributed by atoms with E-state index in [2.05, 4.69) is 0 Å². The van der Waals surface area contributed by atoms with E-state index in [9.17, 15) is 8.42 Å². The monoisotopic (exact) mass is 327 g/mol. The Labute approximate surface area is 128 Å². The van der Waals surface area contributed by atoms with Gasteiger partial charge in [-0.1, -0.05) is 12.1 Å². The number of thiophene rings is 1. The van der Waals surface area contributed by atoms with E-state index in [1.165, 1.54) is 35.9 Å². The fourth-order valence-electron chi connectivity index (χ4n) is 2.03. The van der Waals surface area contributed by atoms with Gasteiger partial charge in [-0.05, 0) is 25.1 Å². The summed E-state index contributed by atoms with van der Waals surface area (Å²) in [4.78, 5) is 1.49. The van der Waals surface area contributed by atoms with Crippen LogP contribution in [0.15, 0.2) is 35.2 Å². The molecule has 114 valence electrons. The van der Waals surface area contributed by atoms with Crippen molar-refractivity contribution in [2.45, 2.75) is 18.4 Å². The molecule has 0 fully saturated rings. The van der Waals surface area contributed by atoms with Gasteiger partial charge < -0.3 is 9.84 Å². The van der Waals surface area contributed by atoms with Gasteiger partial charge in [0.1, 0.15) is 10.6 Å². The molecule has 0 radical (unpaired) electrons. The molecule has 1 N–H and O–H groups in total. The summed E-state index contributed by atoms with van der Waals surface area (Å²) in [6.45, 7) is 1.56. The minimum atomic E-state index is -3.69. The van der Waals surface area contributed by atoms with E-state index < -0.39 is 10.0 Å². The summed E-state index contributed by atoms with van der Waals surface area (Å²) in [5.41, 5.74) is 0.469. The predicted molar refractivity (Wildman–Crippen MR) is 83.6 cm³/mol. The van der Waals surface area contributed by atoms with Crippen molar-refractivity contribution in [2.24, 2.45) is 0 Å². The molecule has 21 heavy (non-hydrogen) atoms. The average Bonchev–Trinajstić information content (AvgIpc) is 2.88. The topological polar surface area (TPSA) is 66.8 Å². The van der Waals surface area contributed by atoms with Crippen molar-refractivity contribution in [3.05, 3.63) is 40.1 Å². The van der Waals surface area contributed by atoms with E-state index in [1.54, 1.807) is 31.2 Å². The highest BCUT2D eigenvalue weighted by atomic mass is 32.2. The zero-order valence-electron chi connectivity index (χ0n) is 12.0. The fourth-order valence-corrected chi connectivity index (χ4v) is 4.69. The number of methoxy groups -OCH3 is 1. The zero-order chi connectivity index (χ0) is 15.6. The second kappa shape index (κ2) is 6.05. The van der Waals surface area contributed by atoms with Crippen LogP contribution < -0.4 is 9.04 Å². The largest absolute Gasteiger partial charge is 0.495 e. The molecule has 2 rings (SSSR count). The van der Waals surface area contributed by atoms with E-state index in [-0.39, 0.29) is 11.5 Å². The molecule has 0 saturated heterocycles. The average molecular weight is 327 g/mol. The molecule has 1 heterocycles. The molecule has 0 aliphatic rings. The molecule has 0 atom stereocenters. The van der Waals surface area contributed by atoms with Crippen LogP contribution in [0.3, 0.4) is 0 Å². The molecular formula is C14H17NO4S2. The summed E-state index contributed by atoms with van der Waals surface area (Å²) in [5.74, 6) is 0.485. The van der Waals surface area contributed by atoms with E-state index in [1.807, 2.05) is 0 Å². The summed E-state index contributed by atoms with van der Waals surface area (Å²) >= 11 is 1.28. The highest BCUT2D eigenvalue weighted by molar-refractivity contribution is 7.93. The third-order valence-electron chi connectivity index (χ3n) is 3.14. The van der Waals surface area contributed by atoms with Crippen molar-refractivity contribution in [1.29, 1.82) is 0 Å². The lowest BCUT2D eigenvalue weighted by Gasteiger charge is -2.21. The Kier molecular flexibility index (Phi) is 4.55. The maximum atomic E-state index is 12.7. The van der Waals surface area contributed by atoms with Crippen LogP contribution >= 0.6 is 11.3 Å². The van der Waals surface area contributed by atoms with Crippen LogP contribution in [-0.2, 0) is 16.6 Å². The quantitative estimate of drug-likeness (QED) is 0.915. The maximum Gasteiger partial charge on any atom is 0.265 e. The van der Waals surface area contributed by atoms with E-state index in [4.69, 9.17) is 9.84 Å². The van der Waals surface area contributed by atoms with Crippen LogP contribution in [0.25, 0.3) is 0 Å². The number of nitrogens with zero attached hydrogens (tertiary/aromatic N) is 1. The van der Waals surface area contributed by atoms with Crippen LogP contribution in [0.2, 0.25) is 0 Å². The molecule has 0 aliphatic carbocycles. The first-order chi connectivity index (χ1) is 9.91. The van der Waals surface area contributed by atoms with Gasteiger partial charge in [-0.2, -0.15) is 0 Å². The third-order valence-corrected chi connectivity index (χ3v) is 6.20. The third kappa shape index (κ3) is 2.90. The van der Waals surface area contributed by atoms with Crippen LogP contribution in [0.4, 0.5) is 5.69 Å². The Morgan fingerprint density at radius 3 is 2.57 bits per heavy atom. The van der Waals surface area contributed by atoms with Gasteiger partial charge in [0.25, 0.3) is 10.0 Å². The number of para-hydroxylation sites is 2. The SMILES string of the molecule is COc1ccccc1N(C)S(=O)(=O)c1cc(CO)sc1C. The Hall–Kier alpha value is -1.57. The Bertz CT molecular complexity index is 737. The summed E-state index contributed by atoms with van der Waals surface area (Å²) < 4.78 is 31.9. The van der Waals surface area contributed by atoms with Crippen molar-refractivity contribution in [3.63, 3.8) is 0 Å². The number of anilines is 1. The van der Waals surface area contributed by atoms with Gasteiger partial charge in [0.2, 0.25) is 0 Å². The van der Waals surface area contributed by atoms with Crippen LogP contribution in [0.5, 0.6) is 5.75 Å². The second-order valence-electron chi connectivity index (χ2n) is 4.44. The summed E-state index contributed by atoms with van der Waals surface area (Å²) in [6.07, 6.45) is 0. The van der Waals surface area contributed by atoms with Gasteiger partial charge in [0.05, 0.1) is 19.4 Å². The summed E-state index contributed by atoms with van der Waals surface area (Å²) in [6, 6.07) is 8.44. The number of benzene rings is 1. The number of aliphatic hydroxyl groups excluding tert-OH is 1. The molecule has 0 aliphatic heterocycles. The highest BCUT2D eigenvalue weighted by Gasteiger charge is 2.26. The smallest absolute Gasteiger partial charge is 0.265 e. The molecular weight excluding hydrogens is 310 g/mol. The van der Waals surface area contributed by atoms with Gasteiger partial charge in [-0.3, -0.25) is 4.31 Å². The first-order valence-electron chi connectivity index (χ1n) is 6.24. The lowest BCUT2D eigenvalue weighted by molar-refractivity contribution is 0.285. The minimum Gasteiger partial charge on any atom is -0.495 e. The van der Waals surface area contributed by atoms with Crippen LogP contribution in [-0.4, -0.2) is 27.7 Å². The summed E-state index contributed by atoms with van der Waals surface area (Å²) in [7, 11) is -0.704. The Morgan fingerprint density at radius 2 is 2.00 bits per heavy atom. The normalized spacial score (nSPS) is 11.4. The van der Waals surface area contributed by atoms with Gasteiger partial charge in [0.15, 0.2) is 0 Å². The van der Waals surface area contributed by atoms with E-state index in [0.717, 1.165) is 0 Å². The molecule has 1 aromatic heterocycles. The van der Waals surface area contributed by atoms with Crippen molar-refractivity contribution in [3.8, 4) is 5.75 Å². The minimum absolute atomic E-state index is 0.167. The van der Waals surface area contributed by atoms with Gasteiger partial charge >= 0.3 is 0 Å². The number of ether oxygens (including phenoxy) is 1. The van der Waals surface area contributed by atoms with Gasteiger partial charge in [0, 0.05) is 16.8 Å². The van der Waals surface area contributed by atoms with Crippen LogP contribution in [0, 0.1) is 6.92 Å². The molecule has 0 bridgehead atoms. The van der Waals surface area contributed by atoms with Crippen LogP contribution in [0.1, 0.15) is 9.75 Å². The molecule has 2 aromatic rings. The van der Waals surface area contributed by atoms with Crippen molar-refractivity contribution >= 4 is 27.0 Å². The predicted octanol–water partition coefficient (Wildman–Crippen LogP) is 2.38. The number of aryl methyl sites for hydroxylation is 1. The van der Waals surface area contributed by atoms with Crippen molar-refractivity contribution in [1.82, 2.24) is 0 Å². The number of rotatable bonds is 5. The molecule has 1 aromatic carbocycles. The maximum absolute atomic E-state index is 12.7. The molecule has 0 unspecified atom stereocenters. The van der Waals surface area contributed by atoms with E-state index in [0.29, 0.717) is 21.2 Å². The Morgan fingerprint density at radius 1 is 1.33 bits per heavy atom. The highest BCUT2D eigenvalue weighted by Crippen LogP contribution is 2.34. The number of aliphatic hydroxyl groups is 1. The lowest BCUT2D eigenvalue weighted by Crippen LogP contribution is -2.27. The Balaban J connectivity index is 2.50. The van der Waals surface area contributed by atoms with Crippen molar-refractivity contribution in [2.75, 3.05) is 18.5 Å². The molecule has 0 spiro atoms. The van der Waals surface area contributed by atoms with Crippen molar-refractivity contribution < 1.29 is 18.3 Å². The zero-order valence-corrected chi connectivity index (χ0v) is 13.7. The lowest BCUT2D eigenvalue weighted by atomic mass is 10.3. The first kappa shape index (κ1) is 15.8. The number of hydrogen-bond donors (Lipinski definition) is 1. The first-order valence-corrected chi connectivity index (χ1v) is 8.49. The van der Waals surface area contributed by atoms with E-state index >= 15 is 0 Å². The molecule has 0 amide bonds. The van der Waals surface area contributed by atoms with Gasteiger partial charge in [-0.15, -0.1) is 11.3 Å². The number of sulfonamides is 1. The van der Waals surface area contributed by atoms with Gasteiger partial charge in [-0.25, -0.2) is 8.42 Å². The summed E-state index contributed by atoms with van der Waals surface area (Å²) in [5, 5.41) is 9.16.